The molecule has 1 N–H and O–H groups in total. The van der Waals surface area contributed by atoms with E-state index in [4.69, 9.17) is 9.73 Å². The predicted molar refractivity (Wildman–Crippen MR) is 168 cm³/mol. The number of ketones is 1. The summed E-state index contributed by atoms with van der Waals surface area (Å²) in [5.74, 6) is -2.53. The summed E-state index contributed by atoms with van der Waals surface area (Å²) in [6.07, 6.45) is 5.24. The van der Waals surface area contributed by atoms with E-state index in [0.29, 0.717) is 11.3 Å². The van der Waals surface area contributed by atoms with Crippen LogP contribution in [-0.2, 0) is 30.3 Å². The van der Waals surface area contributed by atoms with Gasteiger partial charge in [-0.1, -0.05) is 101 Å². The van der Waals surface area contributed by atoms with Crippen LogP contribution in [0.5, 0.6) is 0 Å². The molecule has 1 fully saturated rings. The van der Waals surface area contributed by atoms with Crippen LogP contribution in [0.2, 0.25) is 0 Å². The molecule has 1 spiro atoms. The van der Waals surface area contributed by atoms with Gasteiger partial charge in [0.15, 0.2) is 5.66 Å². The van der Waals surface area contributed by atoms with Crippen molar-refractivity contribution in [3.63, 3.8) is 0 Å². The second kappa shape index (κ2) is 12.4. The van der Waals surface area contributed by atoms with Gasteiger partial charge in [-0.2, -0.15) is 0 Å². The minimum absolute atomic E-state index is 0.0412. The van der Waals surface area contributed by atoms with Gasteiger partial charge >= 0.3 is 0 Å². The van der Waals surface area contributed by atoms with Gasteiger partial charge in [0.25, 0.3) is 17.6 Å². The summed E-state index contributed by atoms with van der Waals surface area (Å²) in [4.78, 5) is 64.4. The molecule has 2 atom stereocenters. The molecule has 2 aliphatic heterocycles. The number of amides is 3. The maximum atomic E-state index is 15.0. The number of Topliss-reactive ketones (excluding diaryl/α,β-unsaturated/α-hetero) is 1. The van der Waals surface area contributed by atoms with Gasteiger partial charge in [0, 0.05) is 25.5 Å². The van der Waals surface area contributed by atoms with Gasteiger partial charge in [0.1, 0.15) is 12.6 Å². The fraction of sp³-hybridized carbons (Fsp3) is 0.457. The van der Waals surface area contributed by atoms with Crippen LogP contribution in [-0.4, -0.2) is 63.1 Å². The van der Waals surface area contributed by atoms with Crippen molar-refractivity contribution in [3.8, 4) is 0 Å². The lowest BCUT2D eigenvalue weighted by molar-refractivity contribution is -0.154. The Morgan fingerprint density at radius 1 is 1.00 bits per heavy atom. The standard InChI is InChI=1S/C35H42N4O5/c1-23(2)29-33(43)39(28(27-16-10-7-11-17-27)21-38(29)32(42)24(3)4)35(36-25(5)40,20-26-14-8-6-9-15-26)30(41)31-37-34(22-44-31)18-12-13-19-34/h6-11,14-17,21,23-24,29H,12-13,18-20,22H2,1-5H3,(H,36,40)/t29?,35-/m0/s1. The molecule has 9 nitrogen and oxygen atoms in total. The van der Waals surface area contributed by atoms with Gasteiger partial charge in [-0.3, -0.25) is 24.1 Å². The van der Waals surface area contributed by atoms with Gasteiger partial charge in [-0.05, 0) is 29.9 Å². The molecule has 0 saturated heterocycles. The van der Waals surface area contributed by atoms with Crippen LogP contribution in [0, 0.1) is 11.8 Å². The molecule has 5 rings (SSSR count). The van der Waals surface area contributed by atoms with Crippen molar-refractivity contribution in [1.29, 1.82) is 0 Å². The Hall–Kier alpha value is -4.27. The lowest BCUT2D eigenvalue weighted by Gasteiger charge is -2.49. The molecule has 2 aromatic rings. The average Bonchev–Trinajstić information content (AvgIpc) is 3.65. The first-order valence-corrected chi connectivity index (χ1v) is 15.5. The molecule has 3 amide bonds. The van der Waals surface area contributed by atoms with Crippen LogP contribution in [0.4, 0.5) is 0 Å². The number of hydrogen-bond donors (Lipinski definition) is 1. The summed E-state index contributed by atoms with van der Waals surface area (Å²) in [6.45, 7) is 8.95. The molecule has 1 unspecified atom stereocenters. The molecule has 0 radical (unpaired) electrons. The Morgan fingerprint density at radius 2 is 1.61 bits per heavy atom. The average molecular weight is 599 g/mol. The Labute approximate surface area is 259 Å². The number of nitrogens with zero attached hydrogens (tertiary/aromatic N) is 3. The zero-order valence-electron chi connectivity index (χ0n) is 26.2. The number of nitrogens with one attached hydrogen (secondary N) is 1. The Bertz CT molecular complexity index is 1480. The molecule has 0 aromatic heterocycles. The fourth-order valence-corrected chi connectivity index (χ4v) is 6.62. The van der Waals surface area contributed by atoms with E-state index in [1.54, 1.807) is 20.0 Å². The molecule has 2 aromatic carbocycles. The van der Waals surface area contributed by atoms with Crippen LogP contribution >= 0.6 is 0 Å². The highest BCUT2D eigenvalue weighted by atomic mass is 16.5. The van der Waals surface area contributed by atoms with Gasteiger partial charge in [0.2, 0.25) is 11.8 Å². The van der Waals surface area contributed by atoms with Crippen LogP contribution in [0.1, 0.15) is 71.4 Å². The molecular weight excluding hydrogens is 556 g/mol. The molecule has 44 heavy (non-hydrogen) atoms. The SMILES string of the molecule is CC(=O)N[C@](Cc1ccccc1)(C(=O)C1=NC2(CCCC2)CO1)N1C(=O)C(C(C)C)N(C(=O)C(C)C)C=C1c1ccccc1. The maximum absolute atomic E-state index is 15.0. The number of benzene rings is 2. The summed E-state index contributed by atoms with van der Waals surface area (Å²) in [5, 5.41) is 2.94. The van der Waals surface area contributed by atoms with Crippen molar-refractivity contribution >= 4 is 35.1 Å². The first-order chi connectivity index (χ1) is 21.0. The normalized spacial score (nSPS) is 20.8. The third-order valence-electron chi connectivity index (χ3n) is 8.71. The van der Waals surface area contributed by atoms with E-state index in [1.807, 2.05) is 74.5 Å². The van der Waals surface area contributed by atoms with Crippen LogP contribution < -0.4 is 5.32 Å². The quantitative estimate of drug-likeness (QED) is 0.449. The monoisotopic (exact) mass is 598 g/mol. The number of ether oxygens (including phenoxy) is 1. The first-order valence-electron chi connectivity index (χ1n) is 15.5. The van der Waals surface area contributed by atoms with Gasteiger partial charge < -0.3 is 15.0 Å². The van der Waals surface area contributed by atoms with Crippen molar-refractivity contribution < 1.29 is 23.9 Å². The lowest BCUT2D eigenvalue weighted by atomic mass is 9.87. The Kier molecular flexibility index (Phi) is 8.77. The predicted octanol–water partition coefficient (Wildman–Crippen LogP) is 4.72. The summed E-state index contributed by atoms with van der Waals surface area (Å²) >= 11 is 0. The van der Waals surface area contributed by atoms with E-state index >= 15 is 0 Å². The molecule has 1 aliphatic carbocycles. The minimum atomic E-state index is -1.94. The van der Waals surface area contributed by atoms with Crippen LogP contribution in [0.25, 0.3) is 5.70 Å². The molecule has 2 heterocycles. The van der Waals surface area contributed by atoms with Gasteiger partial charge in [0.05, 0.1) is 11.2 Å². The third kappa shape index (κ3) is 5.79. The highest BCUT2D eigenvalue weighted by molar-refractivity contribution is 6.41. The van der Waals surface area contributed by atoms with E-state index in [9.17, 15) is 19.2 Å². The number of carbonyl (C=O) groups excluding carboxylic acids is 4. The zero-order valence-corrected chi connectivity index (χ0v) is 26.2. The highest BCUT2D eigenvalue weighted by Crippen LogP contribution is 2.41. The summed E-state index contributed by atoms with van der Waals surface area (Å²) in [7, 11) is 0. The van der Waals surface area contributed by atoms with Crippen molar-refractivity contribution in [3.05, 3.63) is 78.0 Å². The molecule has 0 bridgehead atoms. The second-order valence-electron chi connectivity index (χ2n) is 12.8. The molecule has 3 aliphatic rings. The molecular formula is C35H42N4O5. The van der Waals surface area contributed by atoms with Crippen LogP contribution in [0.15, 0.2) is 71.9 Å². The van der Waals surface area contributed by atoms with E-state index < -0.39 is 34.8 Å². The van der Waals surface area contributed by atoms with E-state index in [2.05, 4.69) is 5.32 Å². The lowest BCUT2D eigenvalue weighted by Crippen LogP contribution is -2.72. The topological polar surface area (TPSA) is 108 Å². The van der Waals surface area contributed by atoms with Crippen LogP contribution in [0.3, 0.4) is 0 Å². The summed E-state index contributed by atoms with van der Waals surface area (Å²) < 4.78 is 6.04. The zero-order chi connectivity index (χ0) is 31.6. The maximum Gasteiger partial charge on any atom is 0.263 e. The molecule has 1 saturated carbocycles. The van der Waals surface area contributed by atoms with E-state index in [0.717, 1.165) is 31.2 Å². The van der Waals surface area contributed by atoms with E-state index in [1.165, 1.54) is 16.7 Å². The smallest absolute Gasteiger partial charge is 0.263 e. The molecule has 9 heteroatoms. The Balaban J connectivity index is 1.79. The van der Waals surface area contributed by atoms with Crippen molar-refractivity contribution in [2.75, 3.05) is 6.61 Å². The van der Waals surface area contributed by atoms with Gasteiger partial charge in [-0.15, -0.1) is 0 Å². The summed E-state index contributed by atoms with van der Waals surface area (Å²) in [5.41, 5.74) is -0.735. The first kappa shape index (κ1) is 31.2. The fourth-order valence-electron chi connectivity index (χ4n) is 6.62. The Morgan fingerprint density at radius 3 is 2.18 bits per heavy atom. The third-order valence-corrected chi connectivity index (χ3v) is 8.71. The second-order valence-corrected chi connectivity index (χ2v) is 12.8. The number of carbonyl (C=O) groups is 4. The van der Waals surface area contributed by atoms with Crippen molar-refractivity contribution in [2.45, 2.75) is 84.0 Å². The van der Waals surface area contributed by atoms with Gasteiger partial charge in [-0.25, -0.2) is 4.99 Å². The highest BCUT2D eigenvalue weighted by Gasteiger charge is 2.57. The van der Waals surface area contributed by atoms with Crippen molar-refractivity contribution in [1.82, 2.24) is 15.1 Å². The number of aliphatic imine (C=N–C) groups is 1. The molecule has 232 valence electrons. The minimum Gasteiger partial charge on any atom is -0.473 e. The largest absolute Gasteiger partial charge is 0.473 e. The van der Waals surface area contributed by atoms with Crippen molar-refractivity contribution in [2.24, 2.45) is 16.8 Å². The number of rotatable bonds is 9. The summed E-state index contributed by atoms with van der Waals surface area (Å²) in [6, 6.07) is 17.5. The number of hydrogen-bond acceptors (Lipinski definition) is 6. The van der Waals surface area contributed by atoms with E-state index in [-0.39, 0.29) is 36.7 Å².